The number of rotatable bonds is 4. The largest absolute Gasteiger partial charge is 0.398 e. The lowest BCUT2D eigenvalue weighted by Crippen LogP contribution is -2.54. The number of carbonyl (C=O) groups excluding carboxylic acids is 3. The second kappa shape index (κ2) is 8.99. The third-order valence-corrected chi connectivity index (χ3v) is 8.94. The summed E-state index contributed by atoms with van der Waals surface area (Å²) in [6, 6.07) is 29.8. The number of benzene rings is 4. The maximum atomic E-state index is 14.3. The molecule has 0 radical (unpaired) electrons. The van der Waals surface area contributed by atoms with Gasteiger partial charge in [0, 0.05) is 22.3 Å². The molecule has 0 aromatic heterocycles. The van der Waals surface area contributed by atoms with Crippen molar-refractivity contribution in [2.45, 2.75) is 11.3 Å². The number of nitrogen functional groups attached to an aromatic ring is 1. The third kappa shape index (κ3) is 3.29. The first-order valence-corrected chi connectivity index (χ1v) is 13.7. The first-order valence-electron chi connectivity index (χ1n) is 12.9. The molecular weight excluding hydrogens is 568 g/mol. The molecule has 2 bridgehead atoms. The summed E-state index contributed by atoms with van der Waals surface area (Å²) in [6.07, 6.45) is 1.64. The summed E-state index contributed by atoms with van der Waals surface area (Å²) in [5.74, 6) is -2.60. The molecule has 0 saturated carbocycles. The van der Waals surface area contributed by atoms with E-state index in [4.69, 9.17) is 5.73 Å². The van der Waals surface area contributed by atoms with Gasteiger partial charge in [0.1, 0.15) is 0 Å². The number of halogens is 1. The number of nitrogens with two attached hydrogens (primary N) is 1. The number of nitrogens with one attached hydrogen (secondary N) is 1. The summed E-state index contributed by atoms with van der Waals surface area (Å²) in [4.78, 5) is 42.8. The van der Waals surface area contributed by atoms with Crippen molar-refractivity contribution in [1.82, 2.24) is 5.43 Å². The minimum atomic E-state index is -1.07. The van der Waals surface area contributed by atoms with E-state index < -0.39 is 23.2 Å². The van der Waals surface area contributed by atoms with Gasteiger partial charge in [0.05, 0.1) is 28.5 Å². The zero-order chi connectivity index (χ0) is 27.6. The Morgan fingerprint density at radius 1 is 0.850 bits per heavy atom. The molecule has 4 aromatic carbocycles. The highest BCUT2D eigenvalue weighted by molar-refractivity contribution is 9.10. The maximum Gasteiger partial charge on any atom is 0.273 e. The molecule has 40 heavy (non-hydrogen) atoms. The zero-order valence-corrected chi connectivity index (χ0v) is 22.7. The van der Waals surface area contributed by atoms with Crippen molar-refractivity contribution in [1.29, 1.82) is 0 Å². The fourth-order valence-electron chi connectivity index (χ4n) is 6.85. The van der Waals surface area contributed by atoms with Crippen LogP contribution in [-0.2, 0) is 15.0 Å². The molecule has 8 rings (SSSR count). The van der Waals surface area contributed by atoms with Crippen molar-refractivity contribution in [2.75, 3.05) is 10.6 Å². The Hall–Kier alpha value is -4.56. The summed E-state index contributed by atoms with van der Waals surface area (Å²) in [7, 11) is 0. The smallest absolute Gasteiger partial charge is 0.273 e. The highest BCUT2D eigenvalue weighted by atomic mass is 79.9. The van der Waals surface area contributed by atoms with Crippen molar-refractivity contribution < 1.29 is 14.4 Å². The van der Waals surface area contributed by atoms with Gasteiger partial charge in [-0.2, -0.15) is 5.10 Å². The average Bonchev–Trinajstić information content (AvgIpc) is 3.24. The van der Waals surface area contributed by atoms with Crippen LogP contribution in [0.2, 0.25) is 0 Å². The Kier molecular flexibility index (Phi) is 5.50. The quantitative estimate of drug-likeness (QED) is 0.151. The monoisotopic (exact) mass is 590 g/mol. The summed E-state index contributed by atoms with van der Waals surface area (Å²) >= 11 is 3.44. The molecule has 1 saturated heterocycles. The first-order chi connectivity index (χ1) is 19.4. The summed E-state index contributed by atoms with van der Waals surface area (Å²) in [5, 5.41) is 4.44. The van der Waals surface area contributed by atoms with Crippen molar-refractivity contribution >= 4 is 51.2 Å². The molecule has 0 spiro atoms. The van der Waals surface area contributed by atoms with E-state index in [2.05, 4.69) is 26.5 Å². The molecule has 8 heteroatoms. The van der Waals surface area contributed by atoms with Gasteiger partial charge in [-0.15, -0.1) is 0 Å². The number of hydrogen-bond acceptors (Lipinski definition) is 5. The fourth-order valence-corrected chi connectivity index (χ4v) is 7.12. The Morgan fingerprint density at radius 2 is 1.45 bits per heavy atom. The molecule has 1 fully saturated rings. The van der Waals surface area contributed by atoms with Gasteiger partial charge in [-0.3, -0.25) is 14.4 Å². The fraction of sp³-hybridized carbons (Fsp3) is 0.125. The minimum Gasteiger partial charge on any atom is -0.398 e. The van der Waals surface area contributed by atoms with Crippen LogP contribution in [0.15, 0.2) is 107 Å². The van der Waals surface area contributed by atoms with Crippen molar-refractivity contribution in [3.63, 3.8) is 0 Å². The number of hydrazone groups is 1. The molecule has 1 heterocycles. The number of para-hydroxylation sites is 1. The van der Waals surface area contributed by atoms with Gasteiger partial charge in [-0.1, -0.05) is 76.6 Å². The molecule has 1 aliphatic heterocycles. The predicted molar refractivity (Wildman–Crippen MR) is 156 cm³/mol. The number of amides is 3. The highest BCUT2D eigenvalue weighted by Crippen LogP contribution is 2.63. The first kappa shape index (κ1) is 24.5. The van der Waals surface area contributed by atoms with Gasteiger partial charge in [-0.25, -0.2) is 10.3 Å². The van der Waals surface area contributed by atoms with E-state index in [1.807, 2.05) is 60.7 Å². The van der Waals surface area contributed by atoms with Crippen molar-refractivity contribution in [2.24, 2.45) is 16.9 Å². The van der Waals surface area contributed by atoms with E-state index in [-0.39, 0.29) is 17.7 Å². The maximum absolute atomic E-state index is 14.3. The lowest BCUT2D eigenvalue weighted by Gasteiger charge is -2.52. The molecule has 3 N–H and O–H groups in total. The Bertz CT molecular complexity index is 1700. The lowest BCUT2D eigenvalue weighted by atomic mass is 9.47. The molecule has 3 amide bonds. The topological polar surface area (TPSA) is 105 Å². The van der Waals surface area contributed by atoms with Crippen LogP contribution >= 0.6 is 15.9 Å². The summed E-state index contributed by atoms with van der Waals surface area (Å²) in [5.41, 5.74) is 12.5. The standard InChI is InChI=1S/C32H23BrN4O3/c33-18-13-15-19(16-14-18)37-30(39)27-26-20-7-1-4-10-23(20)32(28(27)31(37)40,24-11-5-2-8-21(24)26)17-35-36-29(38)22-9-3-6-12-25(22)34/h1-17,26-28H,34H2,(H,36,38)/b35-17-/t26?,27-,28-,32?/m1/s1. The summed E-state index contributed by atoms with van der Waals surface area (Å²) in [6.45, 7) is 0. The summed E-state index contributed by atoms with van der Waals surface area (Å²) < 4.78 is 0.853. The van der Waals surface area contributed by atoms with Crippen LogP contribution in [0.4, 0.5) is 11.4 Å². The Morgan fingerprint density at radius 3 is 2.10 bits per heavy atom. The van der Waals surface area contributed by atoms with Crippen LogP contribution in [-0.4, -0.2) is 23.9 Å². The molecule has 3 aliphatic carbocycles. The predicted octanol–water partition coefficient (Wildman–Crippen LogP) is 5.00. The number of hydrogen-bond donors (Lipinski definition) is 2. The number of carbonyl (C=O) groups is 3. The van der Waals surface area contributed by atoms with E-state index in [1.54, 1.807) is 42.6 Å². The van der Waals surface area contributed by atoms with Crippen LogP contribution in [0.25, 0.3) is 0 Å². The molecule has 0 unspecified atom stereocenters. The lowest BCUT2D eigenvalue weighted by molar-refractivity contribution is -0.122. The van der Waals surface area contributed by atoms with Gasteiger partial charge in [-0.05, 0) is 58.7 Å². The number of anilines is 2. The van der Waals surface area contributed by atoms with Crippen LogP contribution in [0.3, 0.4) is 0 Å². The van der Waals surface area contributed by atoms with Crippen molar-refractivity contribution in [3.8, 4) is 0 Å². The van der Waals surface area contributed by atoms with Gasteiger partial charge >= 0.3 is 0 Å². The van der Waals surface area contributed by atoms with E-state index in [0.29, 0.717) is 16.9 Å². The number of imide groups is 1. The van der Waals surface area contributed by atoms with E-state index in [1.165, 1.54) is 4.90 Å². The van der Waals surface area contributed by atoms with E-state index in [9.17, 15) is 14.4 Å². The Labute approximate surface area is 238 Å². The van der Waals surface area contributed by atoms with Crippen LogP contribution in [0.5, 0.6) is 0 Å². The molecule has 4 aromatic rings. The van der Waals surface area contributed by atoms with Crippen LogP contribution in [0.1, 0.15) is 38.5 Å². The normalized spacial score (nSPS) is 24.1. The Balaban J connectivity index is 1.41. The van der Waals surface area contributed by atoms with Gasteiger partial charge in [0.25, 0.3) is 5.91 Å². The number of nitrogens with zero attached hydrogens (tertiary/aromatic N) is 2. The SMILES string of the molecule is Nc1ccccc1C(=O)N/N=C\C12c3ccccc3C(c3ccccc31)[C@H]1C(=O)N(c3ccc(Br)cc3)C(=O)[C@@H]12. The average molecular weight is 591 g/mol. The second-order valence-electron chi connectivity index (χ2n) is 10.3. The second-order valence-corrected chi connectivity index (χ2v) is 11.2. The van der Waals surface area contributed by atoms with Gasteiger partial charge in [0.15, 0.2) is 0 Å². The molecule has 196 valence electrons. The van der Waals surface area contributed by atoms with Crippen molar-refractivity contribution in [3.05, 3.63) is 129 Å². The molecule has 4 aliphatic rings. The van der Waals surface area contributed by atoms with Crippen LogP contribution < -0.4 is 16.1 Å². The van der Waals surface area contributed by atoms with Gasteiger partial charge in [0.2, 0.25) is 11.8 Å². The third-order valence-electron chi connectivity index (χ3n) is 8.41. The minimum absolute atomic E-state index is 0.231. The van der Waals surface area contributed by atoms with E-state index in [0.717, 1.165) is 26.7 Å². The molecule has 7 nitrogen and oxygen atoms in total. The molecular formula is C32H23BrN4O3. The van der Waals surface area contributed by atoms with Gasteiger partial charge < -0.3 is 5.73 Å². The van der Waals surface area contributed by atoms with E-state index >= 15 is 0 Å². The highest BCUT2D eigenvalue weighted by Gasteiger charge is 2.68. The van der Waals surface area contributed by atoms with Crippen LogP contribution in [0, 0.1) is 11.8 Å². The zero-order valence-electron chi connectivity index (χ0n) is 21.1. The molecule has 2 atom stereocenters.